The Bertz CT molecular complexity index is 346. The molecule has 1 radical (unpaired) electrons. The van der Waals surface area contributed by atoms with Crippen LogP contribution in [0, 0.1) is 6.42 Å². The number of carbonyl (C=O) groups excluding carboxylic acids is 1. The second kappa shape index (κ2) is 24.7. The summed E-state index contributed by atoms with van der Waals surface area (Å²) in [5.41, 5.74) is 0. The van der Waals surface area contributed by atoms with Crippen molar-refractivity contribution in [3.8, 4) is 0 Å². The van der Waals surface area contributed by atoms with E-state index < -0.39 is 0 Å². The van der Waals surface area contributed by atoms with E-state index in [1.165, 1.54) is 109 Å². The highest BCUT2D eigenvalue weighted by molar-refractivity contribution is 5.76. The average Bonchev–Trinajstić information content (AvgIpc) is 2.75. The fraction of sp³-hybridized carbons (Fsp3) is 0.926. The Hall–Kier alpha value is -0.570. The molecular formula is C27H54NO2. The molecule has 2 N–H and O–H groups in total. The van der Waals surface area contributed by atoms with E-state index in [0.29, 0.717) is 6.42 Å². The van der Waals surface area contributed by atoms with Gasteiger partial charge in [0.1, 0.15) is 0 Å². The van der Waals surface area contributed by atoms with E-state index in [2.05, 4.69) is 12.2 Å². The van der Waals surface area contributed by atoms with E-state index in [0.717, 1.165) is 19.3 Å². The van der Waals surface area contributed by atoms with Gasteiger partial charge in [0.05, 0.1) is 0 Å². The molecule has 0 aromatic heterocycles. The molecule has 1 amide bonds. The van der Waals surface area contributed by atoms with Crippen LogP contribution in [0.25, 0.3) is 0 Å². The molecule has 0 aromatic rings. The predicted molar refractivity (Wildman–Crippen MR) is 132 cm³/mol. The van der Waals surface area contributed by atoms with Crippen molar-refractivity contribution in [2.75, 3.05) is 6.61 Å². The molecule has 1 unspecified atom stereocenters. The third kappa shape index (κ3) is 22.1. The summed E-state index contributed by atoms with van der Waals surface area (Å²) in [5.74, 6) is 0.124. The van der Waals surface area contributed by atoms with Gasteiger partial charge < -0.3 is 10.4 Å². The quantitative estimate of drug-likeness (QED) is 0.155. The van der Waals surface area contributed by atoms with Gasteiger partial charge in [0, 0.05) is 25.5 Å². The number of unbranched alkanes of at least 4 members (excludes halogenated alkanes) is 18. The molecule has 1 atom stereocenters. The van der Waals surface area contributed by atoms with Gasteiger partial charge >= 0.3 is 0 Å². The highest BCUT2D eigenvalue weighted by Crippen LogP contribution is 2.14. The van der Waals surface area contributed by atoms with Crippen molar-refractivity contribution in [3.63, 3.8) is 0 Å². The number of rotatable bonds is 24. The lowest BCUT2D eigenvalue weighted by Gasteiger charge is -2.15. The largest absolute Gasteiger partial charge is 0.396 e. The Morgan fingerprint density at radius 1 is 0.667 bits per heavy atom. The van der Waals surface area contributed by atoms with Crippen LogP contribution in [-0.2, 0) is 4.79 Å². The molecule has 0 fully saturated rings. The molecule has 0 rings (SSSR count). The number of amides is 1. The maximum Gasteiger partial charge on any atom is 0.220 e. The van der Waals surface area contributed by atoms with Crippen molar-refractivity contribution in [2.45, 2.75) is 155 Å². The molecule has 179 valence electrons. The summed E-state index contributed by atoms with van der Waals surface area (Å²) in [4.78, 5) is 11.9. The third-order valence-corrected chi connectivity index (χ3v) is 6.18. The van der Waals surface area contributed by atoms with Gasteiger partial charge in [-0.1, -0.05) is 129 Å². The highest BCUT2D eigenvalue weighted by atomic mass is 16.3. The van der Waals surface area contributed by atoms with Crippen LogP contribution in [0.4, 0.5) is 0 Å². The van der Waals surface area contributed by atoms with Gasteiger partial charge in [-0.25, -0.2) is 0 Å². The first-order valence-corrected chi connectivity index (χ1v) is 13.5. The molecule has 0 saturated heterocycles. The van der Waals surface area contributed by atoms with Crippen LogP contribution in [0.1, 0.15) is 149 Å². The maximum atomic E-state index is 11.9. The summed E-state index contributed by atoms with van der Waals surface area (Å²) in [6, 6.07) is 0.0165. The van der Waals surface area contributed by atoms with Gasteiger partial charge in [0.15, 0.2) is 0 Å². The highest BCUT2D eigenvalue weighted by Gasteiger charge is 2.09. The van der Waals surface area contributed by atoms with Crippen LogP contribution in [-0.4, -0.2) is 23.7 Å². The Kier molecular flexibility index (Phi) is 24.2. The monoisotopic (exact) mass is 424 g/mol. The van der Waals surface area contributed by atoms with E-state index in [-0.39, 0.29) is 18.6 Å². The van der Waals surface area contributed by atoms with Crippen LogP contribution < -0.4 is 5.32 Å². The molecule has 3 nitrogen and oxygen atoms in total. The Morgan fingerprint density at radius 2 is 1.03 bits per heavy atom. The second-order valence-corrected chi connectivity index (χ2v) is 9.11. The SMILES string of the molecule is CCCCCCCCCCCCCCCCCCCCCC(=O)NC([CH]CO)CC. The first-order chi connectivity index (χ1) is 14.7. The minimum Gasteiger partial charge on any atom is -0.396 e. The standard InChI is InChI=1S/C27H54NO2/c1-3-5-6-7-8-9-10-11-12-13-14-15-16-17-18-19-20-21-22-23-27(30)28-26(4-2)24-25-29/h24,26,29H,3-23,25H2,1-2H3,(H,28,30). The van der Waals surface area contributed by atoms with Crippen molar-refractivity contribution in [1.82, 2.24) is 5.32 Å². The van der Waals surface area contributed by atoms with E-state index in [1.807, 2.05) is 6.92 Å². The van der Waals surface area contributed by atoms with Crippen molar-refractivity contribution >= 4 is 5.91 Å². The van der Waals surface area contributed by atoms with Gasteiger partial charge in [-0.3, -0.25) is 4.79 Å². The average molecular weight is 425 g/mol. The molecule has 0 bridgehead atoms. The summed E-state index contributed by atoms with van der Waals surface area (Å²) in [7, 11) is 0. The lowest BCUT2D eigenvalue weighted by atomic mass is 10.0. The number of hydrogen-bond donors (Lipinski definition) is 2. The molecule has 3 heteroatoms. The smallest absolute Gasteiger partial charge is 0.220 e. The Balaban J connectivity index is 3.18. The van der Waals surface area contributed by atoms with E-state index in [1.54, 1.807) is 6.42 Å². The van der Waals surface area contributed by atoms with Crippen molar-refractivity contribution < 1.29 is 9.90 Å². The van der Waals surface area contributed by atoms with E-state index in [9.17, 15) is 4.79 Å². The predicted octanol–water partition coefficient (Wildman–Crippen LogP) is 7.90. The van der Waals surface area contributed by atoms with Crippen LogP contribution in [0.5, 0.6) is 0 Å². The van der Waals surface area contributed by atoms with Gasteiger partial charge in [-0.15, -0.1) is 0 Å². The Morgan fingerprint density at radius 3 is 1.37 bits per heavy atom. The van der Waals surface area contributed by atoms with E-state index in [4.69, 9.17) is 5.11 Å². The van der Waals surface area contributed by atoms with Crippen LogP contribution in [0.3, 0.4) is 0 Å². The van der Waals surface area contributed by atoms with E-state index >= 15 is 0 Å². The zero-order valence-corrected chi connectivity index (χ0v) is 20.6. The number of carbonyl (C=O) groups is 1. The molecule has 0 aliphatic rings. The molecule has 0 aliphatic heterocycles. The summed E-state index contributed by atoms with van der Waals surface area (Å²) in [6.45, 7) is 4.33. The first kappa shape index (κ1) is 29.4. The summed E-state index contributed by atoms with van der Waals surface area (Å²) < 4.78 is 0. The first-order valence-electron chi connectivity index (χ1n) is 13.5. The molecule has 0 heterocycles. The zero-order valence-electron chi connectivity index (χ0n) is 20.6. The minimum atomic E-state index is 0.0165. The molecule has 0 aliphatic carbocycles. The lowest BCUT2D eigenvalue weighted by Crippen LogP contribution is -2.35. The van der Waals surface area contributed by atoms with Gasteiger partial charge in [0.25, 0.3) is 0 Å². The number of aliphatic hydroxyl groups is 1. The van der Waals surface area contributed by atoms with Gasteiger partial charge in [-0.2, -0.15) is 0 Å². The molecule has 30 heavy (non-hydrogen) atoms. The summed E-state index contributed by atoms with van der Waals surface area (Å²) >= 11 is 0. The van der Waals surface area contributed by atoms with Crippen LogP contribution in [0.15, 0.2) is 0 Å². The van der Waals surface area contributed by atoms with Crippen molar-refractivity contribution in [2.24, 2.45) is 0 Å². The third-order valence-electron chi connectivity index (χ3n) is 6.18. The van der Waals surface area contributed by atoms with Crippen molar-refractivity contribution in [3.05, 3.63) is 6.42 Å². The molecule has 0 spiro atoms. The normalized spacial score (nSPS) is 12.2. The topological polar surface area (TPSA) is 49.3 Å². The Labute approximate surface area is 189 Å². The van der Waals surface area contributed by atoms with Crippen molar-refractivity contribution in [1.29, 1.82) is 0 Å². The van der Waals surface area contributed by atoms with Crippen LogP contribution >= 0.6 is 0 Å². The number of hydrogen-bond acceptors (Lipinski definition) is 2. The fourth-order valence-electron chi connectivity index (χ4n) is 4.10. The minimum absolute atomic E-state index is 0.0165. The second-order valence-electron chi connectivity index (χ2n) is 9.11. The zero-order chi connectivity index (χ0) is 22.1. The molecular weight excluding hydrogens is 370 g/mol. The van der Waals surface area contributed by atoms with Gasteiger partial charge in [-0.05, 0) is 12.8 Å². The van der Waals surface area contributed by atoms with Gasteiger partial charge in [0.2, 0.25) is 5.91 Å². The summed E-state index contributed by atoms with van der Waals surface area (Å²) in [5, 5.41) is 11.9. The molecule has 0 saturated carbocycles. The number of aliphatic hydroxyl groups excluding tert-OH is 1. The van der Waals surface area contributed by atoms with Crippen LogP contribution in [0.2, 0.25) is 0 Å². The lowest BCUT2D eigenvalue weighted by molar-refractivity contribution is -0.121. The fourth-order valence-corrected chi connectivity index (χ4v) is 4.10. The number of nitrogens with one attached hydrogen (secondary N) is 1. The molecule has 0 aromatic carbocycles. The maximum absolute atomic E-state index is 11.9. The summed E-state index contributed by atoms with van der Waals surface area (Å²) in [6.07, 6.45) is 29.3.